The third-order valence-corrected chi connectivity index (χ3v) is 3.00. The number of hydrogen-bond donors (Lipinski definition) is 0. The van der Waals surface area contributed by atoms with Crippen LogP contribution in [-0.4, -0.2) is 18.4 Å². The lowest BCUT2D eigenvalue weighted by Crippen LogP contribution is -2.25. The smallest absolute Gasteiger partial charge is 0.375 e. The van der Waals surface area contributed by atoms with Gasteiger partial charge in [0.2, 0.25) is 0 Å². The molecule has 3 heteroatoms. The summed E-state index contributed by atoms with van der Waals surface area (Å²) in [5.41, 5.74) is 1.58. The van der Waals surface area contributed by atoms with Crippen molar-refractivity contribution in [1.29, 1.82) is 0 Å². The van der Waals surface area contributed by atoms with Crippen LogP contribution in [0.5, 0.6) is 0 Å². The standard InChI is InChI=1S/C17H16O3/c1-2-20-17(19)16(18)15(13-9-5-3-6-10-13)14-11-7-4-8-12-14/h3-12,15H,2H2,1H3. The summed E-state index contributed by atoms with van der Waals surface area (Å²) >= 11 is 0. The fourth-order valence-electron chi connectivity index (χ4n) is 2.11. The van der Waals surface area contributed by atoms with Gasteiger partial charge in [-0.05, 0) is 18.1 Å². The molecule has 0 N–H and O–H groups in total. The highest BCUT2D eigenvalue weighted by atomic mass is 16.5. The number of rotatable bonds is 5. The molecule has 2 aromatic rings. The molecule has 0 spiro atoms. The largest absolute Gasteiger partial charge is 0.460 e. The number of carbonyl (C=O) groups is 2. The van der Waals surface area contributed by atoms with Gasteiger partial charge in [-0.3, -0.25) is 4.79 Å². The molecule has 2 rings (SSSR count). The maximum Gasteiger partial charge on any atom is 0.375 e. The summed E-state index contributed by atoms with van der Waals surface area (Å²) in [6.07, 6.45) is 0. The van der Waals surface area contributed by atoms with Crippen molar-refractivity contribution in [1.82, 2.24) is 0 Å². The first kappa shape index (κ1) is 14.0. The first-order valence-corrected chi connectivity index (χ1v) is 6.55. The van der Waals surface area contributed by atoms with Crippen LogP contribution in [0.2, 0.25) is 0 Å². The van der Waals surface area contributed by atoms with E-state index in [1.54, 1.807) is 6.92 Å². The maximum absolute atomic E-state index is 12.4. The Bertz CT molecular complexity index is 536. The molecule has 0 saturated carbocycles. The molecule has 0 atom stereocenters. The van der Waals surface area contributed by atoms with Gasteiger partial charge < -0.3 is 4.74 Å². The predicted octanol–water partition coefficient (Wildman–Crippen LogP) is 2.95. The van der Waals surface area contributed by atoms with Crippen molar-refractivity contribution in [3.8, 4) is 0 Å². The van der Waals surface area contributed by atoms with Crippen molar-refractivity contribution >= 4 is 11.8 Å². The van der Waals surface area contributed by atoms with Crippen LogP contribution in [-0.2, 0) is 14.3 Å². The summed E-state index contributed by atoms with van der Waals surface area (Å²) in [7, 11) is 0. The van der Waals surface area contributed by atoms with E-state index < -0.39 is 17.7 Å². The van der Waals surface area contributed by atoms with Crippen LogP contribution in [0.3, 0.4) is 0 Å². The average molecular weight is 268 g/mol. The van der Waals surface area contributed by atoms with Gasteiger partial charge in [-0.1, -0.05) is 60.7 Å². The molecule has 2 aromatic carbocycles. The first-order chi connectivity index (χ1) is 9.74. The highest BCUT2D eigenvalue weighted by Gasteiger charge is 2.29. The molecule has 0 radical (unpaired) electrons. The van der Waals surface area contributed by atoms with Crippen LogP contribution in [0.4, 0.5) is 0 Å². The zero-order chi connectivity index (χ0) is 14.4. The molecule has 0 aliphatic rings. The van der Waals surface area contributed by atoms with Gasteiger partial charge in [0.15, 0.2) is 0 Å². The minimum atomic E-state index is -0.787. The van der Waals surface area contributed by atoms with E-state index in [1.165, 1.54) is 0 Å². The van der Waals surface area contributed by atoms with E-state index in [4.69, 9.17) is 4.74 Å². The van der Waals surface area contributed by atoms with E-state index in [2.05, 4.69) is 0 Å². The van der Waals surface area contributed by atoms with Crippen molar-refractivity contribution < 1.29 is 14.3 Å². The Morgan fingerprint density at radius 1 is 0.900 bits per heavy atom. The molecule has 0 aromatic heterocycles. The molecule has 0 aliphatic heterocycles. The first-order valence-electron chi connectivity index (χ1n) is 6.55. The molecular formula is C17H16O3. The second-order valence-corrected chi connectivity index (χ2v) is 4.34. The predicted molar refractivity (Wildman–Crippen MR) is 76.4 cm³/mol. The van der Waals surface area contributed by atoms with Crippen molar-refractivity contribution in [2.24, 2.45) is 0 Å². The topological polar surface area (TPSA) is 43.4 Å². The SMILES string of the molecule is CCOC(=O)C(=O)C(c1ccccc1)c1ccccc1. The number of ketones is 1. The zero-order valence-corrected chi connectivity index (χ0v) is 11.3. The Kier molecular flexibility index (Phi) is 4.66. The number of benzene rings is 2. The molecule has 0 amide bonds. The summed E-state index contributed by atoms with van der Waals surface area (Å²) in [6.45, 7) is 1.88. The van der Waals surface area contributed by atoms with Gasteiger partial charge in [0.05, 0.1) is 12.5 Å². The molecule has 0 aliphatic carbocycles. The summed E-state index contributed by atoms with van der Waals surface area (Å²) in [5, 5.41) is 0. The number of ether oxygens (including phenoxy) is 1. The van der Waals surface area contributed by atoms with E-state index in [1.807, 2.05) is 60.7 Å². The molecule has 0 bridgehead atoms. The minimum Gasteiger partial charge on any atom is -0.460 e. The molecule has 0 heterocycles. The molecule has 20 heavy (non-hydrogen) atoms. The monoisotopic (exact) mass is 268 g/mol. The Morgan fingerprint density at radius 2 is 1.35 bits per heavy atom. The van der Waals surface area contributed by atoms with Crippen molar-refractivity contribution in [2.45, 2.75) is 12.8 Å². The van der Waals surface area contributed by atoms with Gasteiger partial charge in [-0.25, -0.2) is 4.79 Å². The number of esters is 1. The van der Waals surface area contributed by atoms with Crippen LogP contribution >= 0.6 is 0 Å². The minimum absolute atomic E-state index is 0.195. The molecule has 0 fully saturated rings. The van der Waals surface area contributed by atoms with Crippen molar-refractivity contribution in [3.05, 3.63) is 71.8 Å². The molecule has 0 unspecified atom stereocenters. The van der Waals surface area contributed by atoms with E-state index >= 15 is 0 Å². The van der Waals surface area contributed by atoms with E-state index in [9.17, 15) is 9.59 Å². The summed E-state index contributed by atoms with van der Waals surface area (Å²) in [5.74, 6) is -1.94. The second-order valence-electron chi connectivity index (χ2n) is 4.34. The number of hydrogen-bond acceptors (Lipinski definition) is 3. The highest BCUT2D eigenvalue weighted by molar-refractivity contribution is 6.36. The Hall–Kier alpha value is -2.42. The number of Topliss-reactive ketones (excluding diaryl/α,β-unsaturated/α-hetero) is 1. The zero-order valence-electron chi connectivity index (χ0n) is 11.3. The summed E-state index contributed by atoms with van der Waals surface area (Å²) in [6, 6.07) is 18.5. The van der Waals surface area contributed by atoms with Gasteiger partial charge in [-0.15, -0.1) is 0 Å². The normalized spacial score (nSPS) is 10.3. The van der Waals surface area contributed by atoms with Gasteiger partial charge in [0.1, 0.15) is 0 Å². The van der Waals surface area contributed by atoms with E-state index in [0.29, 0.717) is 0 Å². The summed E-state index contributed by atoms with van der Waals surface area (Å²) < 4.78 is 4.84. The Balaban J connectivity index is 2.40. The van der Waals surface area contributed by atoms with Gasteiger partial charge in [-0.2, -0.15) is 0 Å². The molecule has 0 saturated heterocycles. The van der Waals surface area contributed by atoms with Gasteiger partial charge >= 0.3 is 5.97 Å². The lowest BCUT2D eigenvalue weighted by atomic mass is 9.88. The van der Waals surface area contributed by atoms with Crippen LogP contribution in [0, 0.1) is 0 Å². The van der Waals surface area contributed by atoms with E-state index in [0.717, 1.165) is 11.1 Å². The van der Waals surface area contributed by atoms with Crippen LogP contribution in [0.25, 0.3) is 0 Å². The molecule has 3 nitrogen and oxygen atoms in total. The molecule has 102 valence electrons. The van der Waals surface area contributed by atoms with Gasteiger partial charge in [0.25, 0.3) is 5.78 Å². The Labute approximate surface area is 118 Å². The fourth-order valence-corrected chi connectivity index (χ4v) is 2.11. The molecular weight excluding hydrogens is 252 g/mol. The van der Waals surface area contributed by atoms with Crippen molar-refractivity contribution in [3.63, 3.8) is 0 Å². The average Bonchev–Trinajstić information content (AvgIpc) is 2.50. The third-order valence-electron chi connectivity index (χ3n) is 3.00. The van der Waals surface area contributed by atoms with Crippen LogP contribution < -0.4 is 0 Å². The van der Waals surface area contributed by atoms with Crippen LogP contribution in [0.1, 0.15) is 24.0 Å². The maximum atomic E-state index is 12.4. The van der Waals surface area contributed by atoms with Crippen molar-refractivity contribution in [2.75, 3.05) is 6.61 Å². The lowest BCUT2D eigenvalue weighted by molar-refractivity contribution is -0.153. The Morgan fingerprint density at radius 3 is 1.75 bits per heavy atom. The van der Waals surface area contributed by atoms with Crippen LogP contribution in [0.15, 0.2) is 60.7 Å². The summed E-state index contributed by atoms with van der Waals surface area (Å²) in [4.78, 5) is 24.1. The highest BCUT2D eigenvalue weighted by Crippen LogP contribution is 2.25. The fraction of sp³-hybridized carbons (Fsp3) is 0.176. The van der Waals surface area contributed by atoms with Gasteiger partial charge in [0, 0.05) is 0 Å². The quantitative estimate of drug-likeness (QED) is 0.618. The lowest BCUT2D eigenvalue weighted by Gasteiger charge is -2.15. The van der Waals surface area contributed by atoms with E-state index in [-0.39, 0.29) is 6.61 Å². The number of carbonyl (C=O) groups excluding carboxylic acids is 2. The second kappa shape index (κ2) is 6.66. The third kappa shape index (κ3) is 3.12.